The first-order chi connectivity index (χ1) is 13.7. The molecule has 1 saturated heterocycles. The molecule has 1 N–H and O–H groups in total. The van der Waals surface area contributed by atoms with E-state index in [0.717, 1.165) is 43.4 Å². The monoisotopic (exact) mass is 385 g/mol. The predicted molar refractivity (Wildman–Crippen MR) is 109 cm³/mol. The lowest BCUT2D eigenvalue weighted by molar-refractivity contribution is -0.0121. The van der Waals surface area contributed by atoms with E-state index in [1.807, 2.05) is 6.92 Å². The molecule has 0 aliphatic carbocycles. The summed E-state index contributed by atoms with van der Waals surface area (Å²) in [6, 6.07) is 10.1. The molecule has 5 nitrogen and oxygen atoms in total. The van der Waals surface area contributed by atoms with Crippen LogP contribution in [0, 0.1) is 6.92 Å². The summed E-state index contributed by atoms with van der Waals surface area (Å²) >= 11 is 0. The molecule has 0 bridgehead atoms. The molecule has 5 heteroatoms. The van der Waals surface area contributed by atoms with Gasteiger partial charge in [-0.2, -0.15) is 0 Å². The van der Waals surface area contributed by atoms with Gasteiger partial charge in [0.15, 0.2) is 0 Å². The van der Waals surface area contributed by atoms with Gasteiger partial charge < -0.3 is 19.3 Å². The van der Waals surface area contributed by atoms with E-state index in [4.69, 9.17) is 14.2 Å². The number of hydrogen-bond donors (Lipinski definition) is 1. The minimum atomic E-state index is 0.106. The summed E-state index contributed by atoms with van der Waals surface area (Å²) in [4.78, 5) is 4.52. The zero-order valence-corrected chi connectivity index (χ0v) is 16.9. The number of benzene rings is 1. The predicted octanol–water partition coefficient (Wildman–Crippen LogP) is 4.71. The van der Waals surface area contributed by atoms with Gasteiger partial charge >= 0.3 is 0 Å². The van der Waals surface area contributed by atoms with E-state index in [9.17, 15) is 5.11 Å². The summed E-state index contributed by atoms with van der Waals surface area (Å²) in [5.74, 6) is 0.594. The highest BCUT2D eigenvalue weighted by atomic mass is 16.5. The molecule has 1 aliphatic heterocycles. The standard InChI is InChI=1S/C23H31NO4/c1-3-6-18-8-10-19(11-9-18)14-26-16-21-17(2)22(25)13-23(24-21)28-15-20-7-4-5-12-27-20/h8-11,13,20H,3-7,12,14-16H2,1-2H3,(H,24,25). The van der Waals surface area contributed by atoms with Crippen molar-refractivity contribution in [1.29, 1.82) is 0 Å². The molecule has 1 unspecified atom stereocenters. The third-order valence-corrected chi connectivity index (χ3v) is 5.08. The molecule has 2 heterocycles. The first-order valence-electron chi connectivity index (χ1n) is 10.2. The maximum atomic E-state index is 10.2. The van der Waals surface area contributed by atoms with Gasteiger partial charge in [-0.1, -0.05) is 37.6 Å². The number of rotatable bonds is 9. The molecule has 2 aromatic rings. The highest BCUT2D eigenvalue weighted by Crippen LogP contribution is 2.25. The van der Waals surface area contributed by atoms with Gasteiger partial charge in [0.1, 0.15) is 12.4 Å². The third kappa shape index (κ3) is 5.94. The van der Waals surface area contributed by atoms with Crippen molar-refractivity contribution >= 4 is 0 Å². The Bertz CT molecular complexity index is 739. The van der Waals surface area contributed by atoms with Crippen LogP contribution in [-0.4, -0.2) is 29.4 Å². The number of pyridine rings is 1. The van der Waals surface area contributed by atoms with E-state index in [1.54, 1.807) is 6.07 Å². The van der Waals surface area contributed by atoms with Crippen molar-refractivity contribution in [2.24, 2.45) is 0 Å². The average molecular weight is 386 g/mol. The van der Waals surface area contributed by atoms with E-state index >= 15 is 0 Å². The lowest BCUT2D eigenvalue weighted by Gasteiger charge is -2.22. The maximum Gasteiger partial charge on any atom is 0.217 e. The van der Waals surface area contributed by atoms with Gasteiger partial charge in [-0.05, 0) is 43.7 Å². The number of aromatic nitrogens is 1. The SMILES string of the molecule is CCCc1ccc(COCc2nc(OCC3CCCCO3)cc(O)c2C)cc1. The number of hydrogen-bond acceptors (Lipinski definition) is 5. The van der Waals surface area contributed by atoms with Crippen LogP contribution in [0.2, 0.25) is 0 Å². The normalized spacial score (nSPS) is 16.9. The van der Waals surface area contributed by atoms with E-state index < -0.39 is 0 Å². The van der Waals surface area contributed by atoms with Gasteiger partial charge in [-0.25, -0.2) is 4.98 Å². The summed E-state index contributed by atoms with van der Waals surface area (Å²) in [6.07, 6.45) is 5.64. The molecule has 1 fully saturated rings. The average Bonchev–Trinajstić information content (AvgIpc) is 2.72. The molecular formula is C23H31NO4. The van der Waals surface area contributed by atoms with Gasteiger partial charge in [0.2, 0.25) is 5.88 Å². The zero-order chi connectivity index (χ0) is 19.8. The highest BCUT2D eigenvalue weighted by molar-refractivity contribution is 5.38. The molecule has 1 atom stereocenters. The lowest BCUT2D eigenvalue weighted by atomic mass is 10.1. The first kappa shape index (κ1) is 20.6. The Morgan fingerprint density at radius 1 is 1.14 bits per heavy atom. The molecule has 1 aromatic carbocycles. The lowest BCUT2D eigenvalue weighted by Crippen LogP contribution is -2.26. The molecule has 0 spiro atoms. The highest BCUT2D eigenvalue weighted by Gasteiger charge is 2.16. The van der Waals surface area contributed by atoms with Crippen molar-refractivity contribution in [2.45, 2.75) is 65.3 Å². The van der Waals surface area contributed by atoms with Gasteiger partial charge in [0, 0.05) is 18.2 Å². The van der Waals surface area contributed by atoms with Crippen molar-refractivity contribution in [2.75, 3.05) is 13.2 Å². The Labute approximate surface area is 167 Å². The van der Waals surface area contributed by atoms with Crippen molar-refractivity contribution in [3.63, 3.8) is 0 Å². The van der Waals surface area contributed by atoms with Gasteiger partial charge in [-0.3, -0.25) is 0 Å². The molecule has 1 aliphatic rings. The van der Waals surface area contributed by atoms with E-state index in [2.05, 4.69) is 36.2 Å². The van der Waals surface area contributed by atoms with Gasteiger partial charge in [0.25, 0.3) is 0 Å². The minimum Gasteiger partial charge on any atom is -0.507 e. The van der Waals surface area contributed by atoms with Crippen LogP contribution < -0.4 is 4.74 Å². The molecule has 0 amide bonds. The maximum absolute atomic E-state index is 10.2. The van der Waals surface area contributed by atoms with Crippen molar-refractivity contribution in [3.8, 4) is 11.6 Å². The summed E-state index contributed by atoms with van der Waals surface area (Å²) < 4.78 is 17.3. The van der Waals surface area contributed by atoms with E-state index in [1.165, 1.54) is 12.0 Å². The zero-order valence-electron chi connectivity index (χ0n) is 16.9. The van der Waals surface area contributed by atoms with Crippen LogP contribution in [0.25, 0.3) is 0 Å². The summed E-state index contributed by atoms with van der Waals surface area (Å²) in [7, 11) is 0. The Balaban J connectivity index is 1.54. The minimum absolute atomic E-state index is 0.106. The Morgan fingerprint density at radius 3 is 2.64 bits per heavy atom. The fourth-order valence-electron chi connectivity index (χ4n) is 3.31. The summed E-state index contributed by atoms with van der Waals surface area (Å²) in [5, 5.41) is 10.2. The second kappa shape index (κ2) is 10.4. The number of aromatic hydroxyl groups is 1. The molecule has 28 heavy (non-hydrogen) atoms. The second-order valence-corrected chi connectivity index (χ2v) is 7.41. The molecule has 3 rings (SSSR count). The topological polar surface area (TPSA) is 60.8 Å². The summed E-state index contributed by atoms with van der Waals surface area (Å²) in [5.41, 5.74) is 3.89. The second-order valence-electron chi connectivity index (χ2n) is 7.41. The van der Waals surface area contributed by atoms with Crippen LogP contribution in [-0.2, 0) is 29.1 Å². The van der Waals surface area contributed by atoms with Crippen molar-refractivity contribution in [1.82, 2.24) is 4.98 Å². The van der Waals surface area contributed by atoms with Crippen molar-refractivity contribution in [3.05, 3.63) is 52.7 Å². The number of nitrogens with zero attached hydrogens (tertiary/aromatic N) is 1. The quantitative estimate of drug-likeness (QED) is 0.677. The first-order valence-corrected chi connectivity index (χ1v) is 10.2. The molecule has 1 aromatic heterocycles. The Hall–Kier alpha value is -2.11. The van der Waals surface area contributed by atoms with Crippen LogP contribution >= 0.6 is 0 Å². The van der Waals surface area contributed by atoms with Gasteiger partial charge in [0.05, 0.1) is 25.0 Å². The van der Waals surface area contributed by atoms with Crippen LogP contribution in [0.15, 0.2) is 30.3 Å². The van der Waals surface area contributed by atoms with Gasteiger partial charge in [-0.15, -0.1) is 0 Å². The van der Waals surface area contributed by atoms with Crippen LogP contribution in [0.1, 0.15) is 55.0 Å². The number of ether oxygens (including phenoxy) is 3. The van der Waals surface area contributed by atoms with Crippen LogP contribution in [0.5, 0.6) is 11.6 Å². The molecule has 0 radical (unpaired) electrons. The fourth-order valence-corrected chi connectivity index (χ4v) is 3.31. The number of aryl methyl sites for hydroxylation is 1. The third-order valence-electron chi connectivity index (χ3n) is 5.08. The molecule has 152 valence electrons. The Kier molecular flexibility index (Phi) is 7.69. The smallest absolute Gasteiger partial charge is 0.217 e. The van der Waals surface area contributed by atoms with Crippen LogP contribution in [0.4, 0.5) is 0 Å². The van der Waals surface area contributed by atoms with Crippen LogP contribution in [0.3, 0.4) is 0 Å². The van der Waals surface area contributed by atoms with E-state index in [0.29, 0.717) is 31.4 Å². The van der Waals surface area contributed by atoms with Crippen molar-refractivity contribution < 1.29 is 19.3 Å². The molecule has 0 saturated carbocycles. The van der Waals surface area contributed by atoms with E-state index in [-0.39, 0.29) is 11.9 Å². The Morgan fingerprint density at radius 2 is 1.93 bits per heavy atom. The fraction of sp³-hybridized carbons (Fsp3) is 0.522. The summed E-state index contributed by atoms with van der Waals surface area (Å²) in [6.45, 7) is 6.11. The largest absolute Gasteiger partial charge is 0.507 e. The molecular weight excluding hydrogens is 354 g/mol.